The van der Waals surface area contributed by atoms with Crippen LogP contribution in [0.5, 0.6) is 0 Å². The summed E-state index contributed by atoms with van der Waals surface area (Å²) in [6.07, 6.45) is 1.95. The van der Waals surface area contributed by atoms with Crippen molar-refractivity contribution in [2.24, 2.45) is 4.99 Å². The molecule has 0 fully saturated rings. The van der Waals surface area contributed by atoms with Gasteiger partial charge < -0.3 is 0 Å². The predicted molar refractivity (Wildman–Crippen MR) is 69.0 cm³/mol. The first-order valence-electron chi connectivity index (χ1n) is 5.56. The summed E-state index contributed by atoms with van der Waals surface area (Å²) >= 11 is 1.48. The maximum absolute atomic E-state index is 12.0. The standard InChI is InChI=1S/C13H12N2OS/c1-9-3-2-4-10(7-9)8-11-12(16)15-6-5-14-13(15)17-11/h2-4,7-8H,5-6H2,1H3/b11-8-. The highest BCUT2D eigenvalue weighted by molar-refractivity contribution is 7.07. The zero-order chi connectivity index (χ0) is 11.8. The highest BCUT2D eigenvalue weighted by atomic mass is 32.1. The van der Waals surface area contributed by atoms with E-state index < -0.39 is 0 Å². The van der Waals surface area contributed by atoms with Gasteiger partial charge in [0.2, 0.25) is 0 Å². The molecule has 3 rings (SSSR count). The number of hydrogen-bond acceptors (Lipinski definition) is 3. The summed E-state index contributed by atoms with van der Waals surface area (Å²) in [6, 6.07) is 8.14. The maximum atomic E-state index is 12.0. The fourth-order valence-corrected chi connectivity index (χ4v) is 3.01. The van der Waals surface area contributed by atoms with E-state index in [1.54, 1.807) is 4.57 Å². The molecule has 0 N–H and O–H groups in total. The van der Waals surface area contributed by atoms with E-state index in [9.17, 15) is 4.79 Å². The second kappa shape index (κ2) is 3.96. The first-order valence-corrected chi connectivity index (χ1v) is 6.38. The molecule has 0 saturated carbocycles. The van der Waals surface area contributed by atoms with Gasteiger partial charge >= 0.3 is 0 Å². The van der Waals surface area contributed by atoms with E-state index in [4.69, 9.17) is 0 Å². The molecule has 1 aromatic carbocycles. The Balaban J connectivity index is 2.20. The predicted octanol–water partition coefficient (Wildman–Crippen LogP) is 0.680. The van der Waals surface area contributed by atoms with E-state index in [-0.39, 0.29) is 5.56 Å². The fraction of sp³-hybridized carbons (Fsp3) is 0.231. The smallest absolute Gasteiger partial charge is 0.270 e. The second-order valence-electron chi connectivity index (χ2n) is 4.15. The first-order chi connectivity index (χ1) is 8.24. The summed E-state index contributed by atoms with van der Waals surface area (Å²) in [6.45, 7) is 3.52. The molecule has 2 heterocycles. The molecule has 0 aliphatic carbocycles. The first kappa shape index (κ1) is 10.5. The van der Waals surface area contributed by atoms with Crippen LogP contribution in [0.25, 0.3) is 6.08 Å². The van der Waals surface area contributed by atoms with Crippen LogP contribution in [-0.2, 0) is 6.54 Å². The third-order valence-electron chi connectivity index (χ3n) is 2.80. The molecular weight excluding hydrogens is 232 g/mol. The van der Waals surface area contributed by atoms with Crippen molar-refractivity contribution in [2.45, 2.75) is 13.5 Å². The van der Waals surface area contributed by atoms with Gasteiger partial charge in [0, 0.05) is 6.54 Å². The van der Waals surface area contributed by atoms with Gasteiger partial charge in [-0.2, -0.15) is 0 Å². The van der Waals surface area contributed by atoms with Crippen molar-refractivity contribution in [3.63, 3.8) is 0 Å². The molecule has 1 aromatic heterocycles. The van der Waals surface area contributed by atoms with E-state index in [2.05, 4.69) is 11.1 Å². The quantitative estimate of drug-likeness (QED) is 0.726. The Labute approximate surface area is 102 Å². The van der Waals surface area contributed by atoms with E-state index >= 15 is 0 Å². The Morgan fingerprint density at radius 1 is 1.47 bits per heavy atom. The average molecular weight is 244 g/mol. The van der Waals surface area contributed by atoms with Crippen molar-refractivity contribution >= 4 is 17.4 Å². The van der Waals surface area contributed by atoms with E-state index in [0.29, 0.717) is 0 Å². The number of rotatable bonds is 1. The molecule has 0 atom stereocenters. The fourth-order valence-electron chi connectivity index (χ4n) is 1.98. The molecule has 4 heteroatoms. The second-order valence-corrected chi connectivity index (χ2v) is 5.15. The number of benzene rings is 1. The SMILES string of the molecule is Cc1cccc(/C=c2\sc3n(c2=O)CCN=3)c1. The third-order valence-corrected chi connectivity index (χ3v) is 3.84. The van der Waals surface area contributed by atoms with Gasteiger partial charge in [-0.25, -0.2) is 0 Å². The lowest BCUT2D eigenvalue weighted by Crippen LogP contribution is -2.29. The summed E-state index contributed by atoms with van der Waals surface area (Å²) in [4.78, 5) is 17.2. The lowest BCUT2D eigenvalue weighted by Gasteiger charge is -1.93. The molecule has 3 nitrogen and oxygen atoms in total. The highest BCUT2D eigenvalue weighted by Crippen LogP contribution is 2.04. The number of fused-ring (bicyclic) bond motifs is 1. The lowest BCUT2D eigenvalue weighted by atomic mass is 10.1. The molecule has 0 bridgehead atoms. The van der Waals surface area contributed by atoms with Crippen molar-refractivity contribution in [3.05, 3.63) is 55.1 Å². The minimum atomic E-state index is 0.0905. The Kier molecular flexibility index (Phi) is 2.44. The number of thiazole rings is 1. The molecule has 86 valence electrons. The van der Waals surface area contributed by atoms with Crippen LogP contribution in [0.15, 0.2) is 34.1 Å². The number of aryl methyl sites for hydroxylation is 1. The van der Waals surface area contributed by atoms with Crippen molar-refractivity contribution < 1.29 is 0 Å². The summed E-state index contributed by atoms with van der Waals surface area (Å²) < 4.78 is 2.53. The monoisotopic (exact) mass is 244 g/mol. The van der Waals surface area contributed by atoms with Crippen LogP contribution in [0.2, 0.25) is 0 Å². The van der Waals surface area contributed by atoms with Gasteiger partial charge in [-0.3, -0.25) is 14.4 Å². The summed E-state index contributed by atoms with van der Waals surface area (Å²) in [5, 5.41) is 0. The molecule has 17 heavy (non-hydrogen) atoms. The van der Waals surface area contributed by atoms with Gasteiger partial charge in [-0.15, -0.1) is 0 Å². The number of nitrogens with zero attached hydrogens (tertiary/aromatic N) is 2. The van der Waals surface area contributed by atoms with Crippen molar-refractivity contribution in [1.82, 2.24) is 4.57 Å². The van der Waals surface area contributed by atoms with Crippen LogP contribution >= 0.6 is 11.3 Å². The molecule has 2 aromatic rings. The zero-order valence-corrected chi connectivity index (χ0v) is 10.3. The normalized spacial score (nSPS) is 14.8. The number of hydrogen-bond donors (Lipinski definition) is 0. The molecule has 0 spiro atoms. The van der Waals surface area contributed by atoms with Gasteiger partial charge in [0.05, 0.1) is 11.1 Å². The van der Waals surface area contributed by atoms with Gasteiger partial charge in [0.1, 0.15) is 0 Å². The zero-order valence-electron chi connectivity index (χ0n) is 9.51. The molecule has 1 aliphatic heterocycles. The molecule has 1 aliphatic rings. The van der Waals surface area contributed by atoms with Gasteiger partial charge in [-0.05, 0) is 18.6 Å². The Morgan fingerprint density at radius 2 is 2.35 bits per heavy atom. The summed E-state index contributed by atoms with van der Waals surface area (Å²) in [7, 11) is 0. The highest BCUT2D eigenvalue weighted by Gasteiger charge is 2.09. The molecule has 0 amide bonds. The van der Waals surface area contributed by atoms with Crippen LogP contribution in [0, 0.1) is 6.92 Å². The molecule has 0 radical (unpaired) electrons. The average Bonchev–Trinajstić information content (AvgIpc) is 2.84. The Bertz CT molecular complexity index is 740. The van der Waals surface area contributed by atoms with Gasteiger partial charge in [0.25, 0.3) is 5.56 Å². The number of aromatic nitrogens is 1. The maximum Gasteiger partial charge on any atom is 0.270 e. The van der Waals surface area contributed by atoms with Crippen molar-refractivity contribution in [2.75, 3.05) is 6.54 Å². The van der Waals surface area contributed by atoms with Crippen LogP contribution in [-0.4, -0.2) is 11.1 Å². The van der Waals surface area contributed by atoms with E-state index in [1.807, 2.05) is 31.2 Å². The van der Waals surface area contributed by atoms with Crippen LogP contribution in [0.4, 0.5) is 0 Å². The van der Waals surface area contributed by atoms with Gasteiger partial charge in [0.15, 0.2) is 4.80 Å². The third kappa shape index (κ3) is 1.85. The minimum absolute atomic E-state index is 0.0905. The molecule has 0 unspecified atom stereocenters. The van der Waals surface area contributed by atoms with Crippen LogP contribution in [0.3, 0.4) is 0 Å². The largest absolute Gasteiger partial charge is 0.282 e. The van der Waals surface area contributed by atoms with Crippen molar-refractivity contribution in [3.8, 4) is 0 Å². The van der Waals surface area contributed by atoms with Gasteiger partial charge in [-0.1, -0.05) is 41.2 Å². The lowest BCUT2D eigenvalue weighted by molar-refractivity contribution is 0.740. The minimum Gasteiger partial charge on any atom is -0.282 e. The van der Waals surface area contributed by atoms with Crippen LogP contribution in [0.1, 0.15) is 11.1 Å². The topological polar surface area (TPSA) is 34.4 Å². The summed E-state index contributed by atoms with van der Waals surface area (Å²) in [5.74, 6) is 0. The van der Waals surface area contributed by atoms with E-state index in [0.717, 1.165) is 28.0 Å². The Hall–Kier alpha value is -1.68. The molecule has 0 saturated heterocycles. The summed E-state index contributed by atoms with van der Waals surface area (Å²) in [5.41, 5.74) is 2.36. The van der Waals surface area contributed by atoms with E-state index in [1.165, 1.54) is 16.9 Å². The Morgan fingerprint density at radius 3 is 3.12 bits per heavy atom. The molecular formula is C13H12N2OS. The van der Waals surface area contributed by atoms with Crippen molar-refractivity contribution in [1.29, 1.82) is 0 Å². The van der Waals surface area contributed by atoms with Crippen LogP contribution < -0.4 is 14.9 Å².